The van der Waals surface area contributed by atoms with Crippen LogP contribution in [0.2, 0.25) is 0 Å². The van der Waals surface area contributed by atoms with E-state index >= 15 is 0 Å². The number of hydrogen-bond donors (Lipinski definition) is 1. The topological polar surface area (TPSA) is 70.6 Å². The van der Waals surface area contributed by atoms with Crippen LogP contribution in [0.4, 0.5) is 17.3 Å². The van der Waals surface area contributed by atoms with Crippen molar-refractivity contribution in [1.82, 2.24) is 9.97 Å². The summed E-state index contributed by atoms with van der Waals surface area (Å²) in [5.41, 5.74) is 3.02. The summed E-state index contributed by atoms with van der Waals surface area (Å²) in [5, 5.41) is 3.04. The molecule has 2 fully saturated rings. The molecule has 4 rings (SSSR count). The van der Waals surface area contributed by atoms with Gasteiger partial charge in [-0.3, -0.25) is 4.79 Å². The number of hydrogen-bond acceptors (Lipinski definition) is 6. The van der Waals surface area contributed by atoms with Crippen molar-refractivity contribution in [3.8, 4) is 0 Å². The van der Waals surface area contributed by atoms with Crippen molar-refractivity contribution in [2.75, 3.05) is 54.5 Å². The average molecular weight is 367 g/mol. The molecule has 7 nitrogen and oxygen atoms in total. The van der Waals surface area contributed by atoms with Crippen LogP contribution in [-0.4, -0.2) is 55.3 Å². The fourth-order valence-electron chi connectivity index (χ4n) is 3.57. The van der Waals surface area contributed by atoms with E-state index in [-0.39, 0.29) is 5.91 Å². The van der Waals surface area contributed by atoms with Gasteiger partial charge in [-0.05, 0) is 38.0 Å². The van der Waals surface area contributed by atoms with Crippen molar-refractivity contribution in [2.24, 2.45) is 0 Å². The first kappa shape index (κ1) is 17.7. The Balaban J connectivity index is 1.56. The summed E-state index contributed by atoms with van der Waals surface area (Å²) in [7, 11) is 0. The quantitative estimate of drug-likeness (QED) is 0.895. The standard InChI is InChI=1S/C20H25N5O2/c1-15-14-17(23-20(21-15)25-8-4-5-9-25)19(26)22-16-6-2-3-7-18(16)24-10-12-27-13-11-24/h2-3,6-7,14H,4-5,8-13H2,1H3,(H,22,26). The Morgan fingerprint density at radius 2 is 1.78 bits per heavy atom. The highest BCUT2D eigenvalue weighted by Crippen LogP contribution is 2.27. The molecule has 0 spiro atoms. The molecule has 0 bridgehead atoms. The lowest BCUT2D eigenvalue weighted by molar-refractivity contribution is 0.102. The Morgan fingerprint density at radius 1 is 1.04 bits per heavy atom. The van der Waals surface area contributed by atoms with Crippen molar-refractivity contribution in [3.05, 3.63) is 41.7 Å². The van der Waals surface area contributed by atoms with Gasteiger partial charge in [0.05, 0.1) is 24.6 Å². The third-order valence-electron chi connectivity index (χ3n) is 4.97. The minimum atomic E-state index is -0.207. The molecule has 1 aromatic carbocycles. The smallest absolute Gasteiger partial charge is 0.274 e. The molecule has 1 amide bonds. The summed E-state index contributed by atoms with van der Waals surface area (Å²) in [6, 6.07) is 9.62. The van der Waals surface area contributed by atoms with E-state index in [1.807, 2.05) is 31.2 Å². The van der Waals surface area contributed by atoms with E-state index in [0.29, 0.717) is 24.9 Å². The van der Waals surface area contributed by atoms with Gasteiger partial charge in [-0.25, -0.2) is 9.97 Å². The fourth-order valence-corrected chi connectivity index (χ4v) is 3.57. The van der Waals surface area contributed by atoms with Gasteiger partial charge in [0.2, 0.25) is 5.95 Å². The maximum absolute atomic E-state index is 12.9. The van der Waals surface area contributed by atoms with E-state index in [4.69, 9.17) is 4.74 Å². The van der Waals surface area contributed by atoms with Crippen LogP contribution in [0.25, 0.3) is 0 Å². The van der Waals surface area contributed by atoms with Gasteiger partial charge in [0.1, 0.15) is 5.69 Å². The lowest BCUT2D eigenvalue weighted by Gasteiger charge is -2.30. The highest BCUT2D eigenvalue weighted by molar-refractivity contribution is 6.04. The van der Waals surface area contributed by atoms with Crippen molar-refractivity contribution < 1.29 is 9.53 Å². The van der Waals surface area contributed by atoms with E-state index in [9.17, 15) is 4.79 Å². The number of carbonyl (C=O) groups excluding carboxylic acids is 1. The third kappa shape index (κ3) is 4.03. The van der Waals surface area contributed by atoms with Crippen LogP contribution in [0, 0.1) is 6.92 Å². The Bertz CT molecular complexity index is 814. The van der Waals surface area contributed by atoms with E-state index < -0.39 is 0 Å². The Kier molecular flexibility index (Phi) is 5.20. The van der Waals surface area contributed by atoms with Crippen LogP contribution >= 0.6 is 0 Å². The number of rotatable bonds is 4. The average Bonchev–Trinajstić information content (AvgIpc) is 3.23. The summed E-state index contributed by atoms with van der Waals surface area (Å²) in [5.74, 6) is 0.445. The zero-order valence-corrected chi connectivity index (χ0v) is 15.6. The molecule has 1 aromatic heterocycles. The molecular formula is C20H25N5O2. The number of amides is 1. The number of nitrogens with zero attached hydrogens (tertiary/aromatic N) is 4. The van der Waals surface area contributed by atoms with Gasteiger partial charge in [0.25, 0.3) is 5.91 Å². The van der Waals surface area contributed by atoms with Crippen LogP contribution in [0.3, 0.4) is 0 Å². The van der Waals surface area contributed by atoms with Gasteiger partial charge < -0.3 is 19.9 Å². The molecule has 7 heteroatoms. The summed E-state index contributed by atoms with van der Waals surface area (Å²) in [6.07, 6.45) is 2.29. The summed E-state index contributed by atoms with van der Waals surface area (Å²) in [4.78, 5) is 26.3. The second-order valence-electron chi connectivity index (χ2n) is 6.96. The molecule has 0 saturated carbocycles. The molecule has 0 aliphatic carbocycles. The molecule has 27 heavy (non-hydrogen) atoms. The summed E-state index contributed by atoms with van der Waals surface area (Å²) in [6.45, 7) is 6.84. The molecule has 0 unspecified atom stereocenters. The van der Waals surface area contributed by atoms with Gasteiger partial charge in [-0.15, -0.1) is 0 Å². The van der Waals surface area contributed by atoms with E-state index in [1.165, 1.54) is 0 Å². The Labute approximate surface area is 159 Å². The monoisotopic (exact) mass is 367 g/mol. The maximum atomic E-state index is 12.9. The van der Waals surface area contributed by atoms with E-state index in [0.717, 1.165) is 56.1 Å². The molecule has 2 aliphatic rings. The zero-order chi connectivity index (χ0) is 18.6. The molecular weight excluding hydrogens is 342 g/mol. The van der Waals surface area contributed by atoms with Crippen molar-refractivity contribution in [2.45, 2.75) is 19.8 Å². The van der Waals surface area contributed by atoms with Gasteiger partial charge in [-0.1, -0.05) is 12.1 Å². The molecule has 142 valence electrons. The number of aryl methyl sites for hydroxylation is 1. The SMILES string of the molecule is Cc1cc(C(=O)Nc2ccccc2N2CCOCC2)nc(N2CCCC2)n1. The molecule has 1 N–H and O–H groups in total. The minimum Gasteiger partial charge on any atom is -0.378 e. The van der Waals surface area contributed by atoms with Gasteiger partial charge in [0, 0.05) is 31.9 Å². The van der Waals surface area contributed by atoms with Crippen LogP contribution < -0.4 is 15.1 Å². The second kappa shape index (κ2) is 7.92. The first-order chi connectivity index (χ1) is 13.2. The minimum absolute atomic E-state index is 0.207. The number of anilines is 3. The largest absolute Gasteiger partial charge is 0.378 e. The van der Waals surface area contributed by atoms with E-state index in [2.05, 4.69) is 25.1 Å². The number of morpholine rings is 1. The number of ether oxygens (including phenoxy) is 1. The van der Waals surface area contributed by atoms with E-state index in [1.54, 1.807) is 6.07 Å². The molecule has 0 radical (unpaired) electrons. The molecule has 0 atom stereocenters. The van der Waals surface area contributed by atoms with Crippen molar-refractivity contribution in [1.29, 1.82) is 0 Å². The number of nitrogens with one attached hydrogen (secondary N) is 1. The molecule has 2 aromatic rings. The van der Waals surface area contributed by atoms with Gasteiger partial charge in [-0.2, -0.15) is 0 Å². The van der Waals surface area contributed by atoms with Crippen molar-refractivity contribution >= 4 is 23.2 Å². The first-order valence-electron chi connectivity index (χ1n) is 9.54. The van der Waals surface area contributed by atoms with Gasteiger partial charge in [0.15, 0.2) is 0 Å². The predicted molar refractivity (Wildman–Crippen MR) is 106 cm³/mol. The number of para-hydroxylation sites is 2. The summed E-state index contributed by atoms with van der Waals surface area (Å²) < 4.78 is 5.44. The normalized spacial score (nSPS) is 17.2. The third-order valence-corrected chi connectivity index (χ3v) is 4.97. The summed E-state index contributed by atoms with van der Waals surface area (Å²) >= 11 is 0. The lowest BCUT2D eigenvalue weighted by Crippen LogP contribution is -2.36. The molecule has 3 heterocycles. The molecule has 2 saturated heterocycles. The highest BCUT2D eigenvalue weighted by Gasteiger charge is 2.20. The maximum Gasteiger partial charge on any atom is 0.274 e. The lowest BCUT2D eigenvalue weighted by atomic mass is 10.2. The van der Waals surface area contributed by atoms with Crippen LogP contribution in [0.5, 0.6) is 0 Å². The fraction of sp³-hybridized carbons (Fsp3) is 0.450. The number of benzene rings is 1. The highest BCUT2D eigenvalue weighted by atomic mass is 16.5. The van der Waals surface area contributed by atoms with Crippen LogP contribution in [0.15, 0.2) is 30.3 Å². The zero-order valence-electron chi connectivity index (χ0n) is 15.6. The second-order valence-corrected chi connectivity index (χ2v) is 6.96. The van der Waals surface area contributed by atoms with Crippen LogP contribution in [-0.2, 0) is 4.74 Å². The molecule has 2 aliphatic heterocycles. The number of aromatic nitrogens is 2. The number of carbonyl (C=O) groups is 1. The van der Waals surface area contributed by atoms with Crippen molar-refractivity contribution in [3.63, 3.8) is 0 Å². The first-order valence-corrected chi connectivity index (χ1v) is 9.54. The Morgan fingerprint density at radius 3 is 2.56 bits per heavy atom. The van der Waals surface area contributed by atoms with Crippen LogP contribution in [0.1, 0.15) is 29.0 Å². The predicted octanol–water partition coefficient (Wildman–Crippen LogP) is 2.47. The Hall–Kier alpha value is -2.67. The van der Waals surface area contributed by atoms with Gasteiger partial charge >= 0.3 is 0 Å².